The maximum absolute atomic E-state index is 5.36. The van der Waals surface area contributed by atoms with Gasteiger partial charge in [-0.2, -0.15) is 0 Å². The van der Waals surface area contributed by atoms with E-state index < -0.39 is 0 Å². The normalized spacial score (nSPS) is 17.6. The number of nitrogens with zero attached hydrogens (tertiary/aromatic N) is 3. The Hall–Kier alpha value is -6.39. The molecule has 0 radical (unpaired) electrons. The van der Waals surface area contributed by atoms with Crippen LogP contribution < -0.4 is 10.2 Å². The number of benzene rings is 7. The van der Waals surface area contributed by atoms with Crippen LogP contribution in [-0.2, 0) is 6.42 Å². The van der Waals surface area contributed by atoms with Crippen molar-refractivity contribution < 1.29 is 0 Å². The number of nitrogens with one attached hydrogen (secondary N) is 1. The van der Waals surface area contributed by atoms with Crippen LogP contribution in [0.25, 0.3) is 28.1 Å². The first kappa shape index (κ1) is 29.5. The first-order chi connectivity index (χ1) is 25.3. The monoisotopic (exact) mass is 656 g/mol. The Kier molecular flexibility index (Phi) is 7.05. The fraction of sp³-hybridized carbons (Fsp3) is 0.0851. The van der Waals surface area contributed by atoms with E-state index in [0.717, 1.165) is 45.9 Å². The quantitative estimate of drug-likeness (QED) is 0.193. The van der Waals surface area contributed by atoms with Crippen LogP contribution in [0.15, 0.2) is 182 Å². The third-order valence-corrected chi connectivity index (χ3v) is 10.7. The molecule has 4 heteroatoms. The fourth-order valence-corrected chi connectivity index (χ4v) is 8.48. The van der Waals surface area contributed by atoms with Gasteiger partial charge in [-0.05, 0) is 101 Å². The molecule has 244 valence electrons. The third kappa shape index (κ3) is 5.02. The molecule has 3 unspecified atom stereocenters. The van der Waals surface area contributed by atoms with Gasteiger partial charge >= 0.3 is 0 Å². The molecule has 2 heterocycles. The summed E-state index contributed by atoms with van der Waals surface area (Å²) in [4.78, 5) is 7.80. The number of hydrogen-bond donors (Lipinski definition) is 1. The lowest BCUT2D eigenvalue weighted by Crippen LogP contribution is -2.24. The van der Waals surface area contributed by atoms with E-state index in [-0.39, 0.29) is 18.0 Å². The molecule has 10 rings (SSSR count). The number of para-hydroxylation sites is 6. The van der Waals surface area contributed by atoms with Crippen LogP contribution in [0.1, 0.15) is 45.8 Å². The van der Waals surface area contributed by atoms with Gasteiger partial charge in [-0.15, -0.1) is 0 Å². The van der Waals surface area contributed by atoms with Crippen molar-refractivity contribution in [1.82, 2.24) is 9.55 Å². The van der Waals surface area contributed by atoms with Crippen LogP contribution in [0.2, 0.25) is 0 Å². The topological polar surface area (TPSA) is 33.1 Å². The van der Waals surface area contributed by atoms with Gasteiger partial charge in [0, 0.05) is 22.9 Å². The lowest BCUT2D eigenvalue weighted by molar-refractivity contribution is 0.654. The summed E-state index contributed by atoms with van der Waals surface area (Å²) in [5.74, 6) is 1.45. The van der Waals surface area contributed by atoms with E-state index in [1.54, 1.807) is 0 Å². The molecule has 0 bridgehead atoms. The highest BCUT2D eigenvalue weighted by Crippen LogP contribution is 2.51. The number of imidazole rings is 1. The Balaban J connectivity index is 1.22. The van der Waals surface area contributed by atoms with E-state index >= 15 is 0 Å². The highest BCUT2D eigenvalue weighted by molar-refractivity contribution is 5.85. The molecule has 51 heavy (non-hydrogen) atoms. The minimum atomic E-state index is -0.114. The van der Waals surface area contributed by atoms with E-state index in [1.165, 1.54) is 33.5 Å². The molecule has 0 saturated heterocycles. The fourth-order valence-electron chi connectivity index (χ4n) is 8.48. The average molecular weight is 657 g/mol. The summed E-state index contributed by atoms with van der Waals surface area (Å²) < 4.78 is 2.32. The van der Waals surface area contributed by atoms with Crippen molar-refractivity contribution in [3.8, 4) is 17.1 Å². The molecule has 3 atom stereocenters. The molecule has 2 aliphatic rings. The van der Waals surface area contributed by atoms with Crippen molar-refractivity contribution in [3.63, 3.8) is 0 Å². The van der Waals surface area contributed by atoms with Gasteiger partial charge in [0.2, 0.25) is 0 Å². The largest absolute Gasteiger partial charge is 0.359 e. The van der Waals surface area contributed by atoms with Crippen LogP contribution in [0.5, 0.6) is 0 Å². The lowest BCUT2D eigenvalue weighted by atomic mass is 9.80. The molecule has 0 fully saturated rings. The Morgan fingerprint density at radius 2 is 1.20 bits per heavy atom. The van der Waals surface area contributed by atoms with Crippen LogP contribution in [0.4, 0.5) is 17.1 Å². The second-order valence-electron chi connectivity index (χ2n) is 13.7. The van der Waals surface area contributed by atoms with Crippen molar-refractivity contribution in [2.24, 2.45) is 0 Å². The number of anilines is 3. The van der Waals surface area contributed by atoms with Crippen molar-refractivity contribution in [1.29, 1.82) is 0 Å². The lowest BCUT2D eigenvalue weighted by Gasteiger charge is -2.29. The van der Waals surface area contributed by atoms with Gasteiger partial charge in [-0.25, -0.2) is 4.98 Å². The van der Waals surface area contributed by atoms with E-state index in [9.17, 15) is 0 Å². The summed E-state index contributed by atoms with van der Waals surface area (Å²) >= 11 is 0. The number of aromatic nitrogens is 2. The number of rotatable bonds is 6. The van der Waals surface area contributed by atoms with Crippen LogP contribution in [-0.4, -0.2) is 9.55 Å². The van der Waals surface area contributed by atoms with Crippen LogP contribution in [0.3, 0.4) is 0 Å². The van der Waals surface area contributed by atoms with Crippen molar-refractivity contribution >= 4 is 28.1 Å². The van der Waals surface area contributed by atoms with Gasteiger partial charge in [-0.1, -0.05) is 121 Å². The van der Waals surface area contributed by atoms with Crippen molar-refractivity contribution in [2.75, 3.05) is 10.2 Å². The van der Waals surface area contributed by atoms with Crippen LogP contribution >= 0.6 is 0 Å². The first-order valence-corrected chi connectivity index (χ1v) is 17.8. The number of fused-ring (bicyclic) bond motifs is 3. The summed E-state index contributed by atoms with van der Waals surface area (Å²) in [5, 5.41) is 3.93. The SMILES string of the molecule is c1ccc(C2c3ccccc3CC2c2cc(-c3nc4ccccc4n3-c3ccccc3)cc(C3Nc4ccccc4N3c3ccccc3)c2)cc1. The average Bonchev–Trinajstić information content (AvgIpc) is 3.91. The molecule has 4 nitrogen and oxygen atoms in total. The maximum Gasteiger partial charge on any atom is 0.145 e. The van der Waals surface area contributed by atoms with E-state index in [4.69, 9.17) is 4.98 Å². The number of hydrogen-bond acceptors (Lipinski definition) is 3. The summed E-state index contributed by atoms with van der Waals surface area (Å²) in [6.45, 7) is 0. The highest BCUT2D eigenvalue weighted by Gasteiger charge is 2.37. The molecule has 0 amide bonds. The summed E-state index contributed by atoms with van der Waals surface area (Å²) in [6, 6.07) is 65.8. The van der Waals surface area contributed by atoms with Gasteiger partial charge in [0.1, 0.15) is 12.0 Å². The third-order valence-electron chi connectivity index (χ3n) is 10.7. The Morgan fingerprint density at radius 3 is 2.02 bits per heavy atom. The molecule has 7 aromatic carbocycles. The molecule has 1 aromatic heterocycles. The Labute approximate surface area is 298 Å². The zero-order chi connectivity index (χ0) is 33.7. The smallest absolute Gasteiger partial charge is 0.145 e. The van der Waals surface area contributed by atoms with Gasteiger partial charge in [0.15, 0.2) is 0 Å². The van der Waals surface area contributed by atoms with Crippen molar-refractivity contribution in [2.45, 2.75) is 24.4 Å². The second-order valence-corrected chi connectivity index (χ2v) is 13.7. The molecule has 0 saturated carbocycles. The van der Waals surface area contributed by atoms with Gasteiger partial charge < -0.3 is 10.2 Å². The molecule has 0 spiro atoms. The summed E-state index contributed by atoms with van der Waals surface area (Å²) in [7, 11) is 0. The summed E-state index contributed by atoms with van der Waals surface area (Å²) in [6.07, 6.45) is 0.867. The standard InChI is InChI=1S/C47H36N4/c1-4-16-32(17-5-1)45-39-23-11-10-18-33(39)31-40(45)34-28-35(46-48-41-24-12-14-26-43(41)50(46)37-19-6-2-7-20-37)30-36(29-34)47-49-42-25-13-15-27-44(42)51(47)38-21-8-3-9-22-38/h1-30,40,45-46,48H,31H2. The minimum Gasteiger partial charge on any atom is -0.359 e. The molecular weight excluding hydrogens is 621 g/mol. The Bertz CT molecular complexity index is 2390. The summed E-state index contributed by atoms with van der Waals surface area (Å²) in [5.41, 5.74) is 14.5. The van der Waals surface area contributed by atoms with Crippen LogP contribution in [0, 0.1) is 0 Å². The molecular formula is C47H36N4. The molecule has 1 aliphatic heterocycles. The van der Waals surface area contributed by atoms with E-state index in [0.29, 0.717) is 0 Å². The zero-order valence-electron chi connectivity index (χ0n) is 28.1. The van der Waals surface area contributed by atoms with Crippen molar-refractivity contribution in [3.05, 3.63) is 210 Å². The molecule has 1 N–H and O–H groups in total. The maximum atomic E-state index is 5.36. The molecule has 1 aliphatic carbocycles. The van der Waals surface area contributed by atoms with E-state index in [2.05, 4.69) is 197 Å². The second kappa shape index (κ2) is 12.2. The van der Waals surface area contributed by atoms with Gasteiger partial charge in [0.25, 0.3) is 0 Å². The molecule has 8 aromatic rings. The highest BCUT2D eigenvalue weighted by atomic mass is 15.3. The van der Waals surface area contributed by atoms with E-state index in [1.807, 2.05) is 0 Å². The van der Waals surface area contributed by atoms with Gasteiger partial charge in [0.05, 0.1) is 22.4 Å². The Morgan fingerprint density at radius 1 is 0.549 bits per heavy atom. The minimum absolute atomic E-state index is 0.114. The predicted molar refractivity (Wildman–Crippen MR) is 209 cm³/mol. The predicted octanol–water partition coefficient (Wildman–Crippen LogP) is 11.4. The first-order valence-electron chi connectivity index (χ1n) is 17.8. The zero-order valence-corrected chi connectivity index (χ0v) is 28.1. The van der Waals surface area contributed by atoms with Gasteiger partial charge in [-0.3, -0.25) is 4.57 Å².